The maximum atomic E-state index is 5.32. The van der Waals surface area contributed by atoms with E-state index < -0.39 is 0 Å². The normalized spacial score (nSPS) is 11.1. The first-order valence-corrected chi connectivity index (χ1v) is 7.15. The zero-order valence-corrected chi connectivity index (χ0v) is 13.3. The summed E-state index contributed by atoms with van der Waals surface area (Å²) in [6.07, 6.45) is 1.68. The fourth-order valence-corrected chi connectivity index (χ4v) is 2.35. The highest BCUT2D eigenvalue weighted by atomic mass is 16.5. The van der Waals surface area contributed by atoms with Crippen LogP contribution in [-0.2, 0) is 7.05 Å². The Balaban J connectivity index is 1.84. The molecule has 0 unspecified atom stereocenters. The fourth-order valence-electron chi connectivity index (χ4n) is 2.35. The number of benzene rings is 2. The van der Waals surface area contributed by atoms with Crippen molar-refractivity contribution in [3.8, 4) is 11.5 Å². The van der Waals surface area contributed by atoms with Gasteiger partial charge >= 0.3 is 0 Å². The van der Waals surface area contributed by atoms with Crippen molar-refractivity contribution in [2.75, 3.05) is 19.6 Å². The monoisotopic (exact) mass is 310 g/mol. The first kappa shape index (κ1) is 14.9. The summed E-state index contributed by atoms with van der Waals surface area (Å²) in [5, 5.41) is 4.26. The molecule has 0 saturated heterocycles. The summed E-state index contributed by atoms with van der Waals surface area (Å²) in [5.74, 6) is 2.14. The van der Waals surface area contributed by atoms with E-state index in [2.05, 4.69) is 15.5 Å². The third-order valence-corrected chi connectivity index (χ3v) is 3.59. The van der Waals surface area contributed by atoms with Crippen LogP contribution < -0.4 is 14.9 Å². The van der Waals surface area contributed by atoms with Crippen molar-refractivity contribution >= 4 is 23.2 Å². The summed E-state index contributed by atoms with van der Waals surface area (Å²) >= 11 is 0. The number of para-hydroxylation sites is 2. The first-order chi connectivity index (χ1) is 11.2. The van der Waals surface area contributed by atoms with E-state index >= 15 is 0 Å². The molecule has 0 atom stereocenters. The summed E-state index contributed by atoms with van der Waals surface area (Å²) < 4.78 is 12.5. The average molecular weight is 310 g/mol. The minimum absolute atomic E-state index is 0.671. The first-order valence-electron chi connectivity index (χ1n) is 7.15. The van der Waals surface area contributed by atoms with Gasteiger partial charge in [0, 0.05) is 12.6 Å². The predicted molar refractivity (Wildman–Crippen MR) is 91.5 cm³/mol. The van der Waals surface area contributed by atoms with E-state index in [1.165, 1.54) is 0 Å². The Morgan fingerprint density at radius 1 is 1.13 bits per heavy atom. The lowest BCUT2D eigenvalue weighted by Crippen LogP contribution is -1.99. The van der Waals surface area contributed by atoms with Gasteiger partial charge in [0.2, 0.25) is 5.95 Å². The topological polar surface area (TPSA) is 60.7 Å². The number of rotatable bonds is 5. The van der Waals surface area contributed by atoms with E-state index in [9.17, 15) is 0 Å². The van der Waals surface area contributed by atoms with E-state index in [-0.39, 0.29) is 0 Å². The molecule has 1 aromatic heterocycles. The molecule has 3 aromatic rings. The number of ether oxygens (including phenoxy) is 2. The van der Waals surface area contributed by atoms with Gasteiger partial charge in [0.15, 0.2) is 0 Å². The molecule has 6 nitrogen and oxygen atoms in total. The van der Waals surface area contributed by atoms with Crippen LogP contribution in [-0.4, -0.2) is 30.0 Å². The van der Waals surface area contributed by atoms with Crippen LogP contribution in [0.2, 0.25) is 0 Å². The zero-order chi connectivity index (χ0) is 16.2. The molecule has 0 amide bonds. The number of nitrogens with zero attached hydrogens (tertiary/aromatic N) is 3. The van der Waals surface area contributed by atoms with Gasteiger partial charge in [0.05, 0.1) is 31.5 Å². The third-order valence-electron chi connectivity index (χ3n) is 3.59. The van der Waals surface area contributed by atoms with Gasteiger partial charge in [-0.05, 0) is 30.3 Å². The van der Waals surface area contributed by atoms with Crippen molar-refractivity contribution < 1.29 is 9.47 Å². The number of methoxy groups -OCH3 is 2. The Labute approximate surface area is 134 Å². The molecule has 6 heteroatoms. The maximum Gasteiger partial charge on any atom is 0.224 e. The molecule has 0 spiro atoms. The van der Waals surface area contributed by atoms with E-state index in [0.717, 1.165) is 28.1 Å². The summed E-state index contributed by atoms with van der Waals surface area (Å²) in [4.78, 5) is 4.50. The van der Waals surface area contributed by atoms with Crippen LogP contribution in [0.1, 0.15) is 5.56 Å². The molecule has 0 aliphatic heterocycles. The minimum Gasteiger partial charge on any atom is -0.497 e. The summed E-state index contributed by atoms with van der Waals surface area (Å²) in [7, 11) is 5.19. The molecular formula is C17H18N4O2. The van der Waals surface area contributed by atoms with Crippen LogP contribution >= 0.6 is 0 Å². The van der Waals surface area contributed by atoms with Gasteiger partial charge in [-0.2, -0.15) is 5.10 Å². The van der Waals surface area contributed by atoms with Gasteiger partial charge in [-0.3, -0.25) is 0 Å². The fraction of sp³-hybridized carbons (Fsp3) is 0.176. The van der Waals surface area contributed by atoms with Gasteiger partial charge in [-0.1, -0.05) is 12.1 Å². The second-order valence-corrected chi connectivity index (χ2v) is 4.96. The summed E-state index contributed by atoms with van der Waals surface area (Å²) in [6, 6.07) is 13.5. The van der Waals surface area contributed by atoms with Crippen molar-refractivity contribution in [3.05, 3.63) is 48.0 Å². The van der Waals surface area contributed by atoms with E-state index in [0.29, 0.717) is 5.95 Å². The molecule has 0 saturated carbocycles. The van der Waals surface area contributed by atoms with Crippen LogP contribution in [0.4, 0.5) is 5.95 Å². The van der Waals surface area contributed by atoms with Crippen LogP contribution in [0.5, 0.6) is 11.5 Å². The smallest absolute Gasteiger partial charge is 0.224 e. The van der Waals surface area contributed by atoms with Gasteiger partial charge in [0.1, 0.15) is 11.5 Å². The standard InChI is InChI=1S/C17H18N4O2/c1-21-15-7-5-4-6-14(15)19-17(21)20-18-11-12-10-13(22-2)8-9-16(12)23-3/h4-11H,1-3H3,(H,19,20)/b18-11-. The van der Waals surface area contributed by atoms with Crippen LogP contribution in [0.3, 0.4) is 0 Å². The van der Waals surface area contributed by atoms with Crippen molar-refractivity contribution in [1.29, 1.82) is 0 Å². The molecular weight excluding hydrogens is 292 g/mol. The van der Waals surface area contributed by atoms with Crippen LogP contribution in [0, 0.1) is 0 Å². The lowest BCUT2D eigenvalue weighted by molar-refractivity contribution is 0.402. The molecule has 0 radical (unpaired) electrons. The number of aryl methyl sites for hydroxylation is 1. The highest BCUT2D eigenvalue weighted by molar-refractivity contribution is 5.85. The largest absolute Gasteiger partial charge is 0.497 e. The lowest BCUT2D eigenvalue weighted by atomic mass is 10.2. The van der Waals surface area contributed by atoms with Gasteiger partial charge < -0.3 is 14.0 Å². The minimum atomic E-state index is 0.671. The van der Waals surface area contributed by atoms with E-state index in [4.69, 9.17) is 9.47 Å². The second-order valence-electron chi connectivity index (χ2n) is 4.96. The Hall–Kier alpha value is -3.02. The summed E-state index contributed by atoms with van der Waals surface area (Å²) in [5.41, 5.74) is 5.75. The van der Waals surface area contributed by atoms with Gasteiger partial charge in [-0.25, -0.2) is 10.4 Å². The van der Waals surface area contributed by atoms with E-state index in [1.807, 2.05) is 54.1 Å². The number of imidazole rings is 1. The van der Waals surface area contributed by atoms with Gasteiger partial charge in [0.25, 0.3) is 0 Å². The molecule has 0 fully saturated rings. The Kier molecular flexibility index (Phi) is 4.14. The zero-order valence-electron chi connectivity index (χ0n) is 13.3. The Bertz CT molecular complexity index is 855. The molecule has 0 aliphatic rings. The molecule has 1 N–H and O–H groups in total. The number of hydrogen-bond acceptors (Lipinski definition) is 5. The Morgan fingerprint density at radius 2 is 1.96 bits per heavy atom. The van der Waals surface area contributed by atoms with Crippen LogP contribution in [0.15, 0.2) is 47.6 Å². The molecule has 23 heavy (non-hydrogen) atoms. The number of aromatic nitrogens is 2. The Morgan fingerprint density at radius 3 is 2.70 bits per heavy atom. The van der Waals surface area contributed by atoms with Crippen molar-refractivity contribution in [2.24, 2.45) is 12.1 Å². The average Bonchev–Trinajstić information content (AvgIpc) is 2.91. The quantitative estimate of drug-likeness (QED) is 0.581. The van der Waals surface area contributed by atoms with Crippen molar-refractivity contribution in [3.63, 3.8) is 0 Å². The number of nitrogens with one attached hydrogen (secondary N) is 1. The lowest BCUT2D eigenvalue weighted by Gasteiger charge is -2.07. The van der Waals surface area contributed by atoms with Crippen molar-refractivity contribution in [1.82, 2.24) is 9.55 Å². The number of anilines is 1. The van der Waals surface area contributed by atoms with Crippen molar-refractivity contribution in [2.45, 2.75) is 0 Å². The van der Waals surface area contributed by atoms with Gasteiger partial charge in [-0.15, -0.1) is 0 Å². The number of hydrazone groups is 1. The molecule has 0 aliphatic carbocycles. The molecule has 0 bridgehead atoms. The molecule has 118 valence electrons. The maximum absolute atomic E-state index is 5.32. The SMILES string of the molecule is COc1ccc(OC)c(/C=N\Nc2nc3ccccc3n2C)c1. The van der Waals surface area contributed by atoms with E-state index in [1.54, 1.807) is 20.4 Å². The molecule has 1 heterocycles. The third kappa shape index (κ3) is 2.96. The predicted octanol–water partition coefficient (Wildman–Crippen LogP) is 3.04. The highest BCUT2D eigenvalue weighted by Crippen LogP contribution is 2.22. The second kappa shape index (κ2) is 6.39. The molecule has 2 aromatic carbocycles. The summed E-state index contributed by atoms with van der Waals surface area (Å²) in [6.45, 7) is 0. The molecule has 3 rings (SSSR count). The highest BCUT2D eigenvalue weighted by Gasteiger charge is 2.06. The van der Waals surface area contributed by atoms with Crippen LogP contribution in [0.25, 0.3) is 11.0 Å². The number of hydrogen-bond donors (Lipinski definition) is 1. The number of fused-ring (bicyclic) bond motifs is 1.